The molecule has 7 heteroatoms. The minimum absolute atomic E-state index is 0.177. The lowest BCUT2D eigenvalue weighted by molar-refractivity contribution is -0.113. The summed E-state index contributed by atoms with van der Waals surface area (Å²) >= 11 is 1.33. The zero-order valence-corrected chi connectivity index (χ0v) is 14.0. The molecule has 1 N–H and O–H groups in total. The van der Waals surface area contributed by atoms with E-state index in [0.29, 0.717) is 5.92 Å². The Morgan fingerprint density at radius 1 is 1.43 bits per heavy atom. The number of hydrogen-bond donors (Lipinski definition) is 1. The average Bonchev–Trinajstić information content (AvgIpc) is 3.28. The van der Waals surface area contributed by atoms with Gasteiger partial charge in [-0.2, -0.15) is 0 Å². The summed E-state index contributed by atoms with van der Waals surface area (Å²) in [4.78, 5) is 12.0. The summed E-state index contributed by atoms with van der Waals surface area (Å²) in [6.07, 6.45) is 2.33. The van der Waals surface area contributed by atoms with Crippen molar-refractivity contribution in [3.63, 3.8) is 0 Å². The van der Waals surface area contributed by atoms with Crippen LogP contribution in [0.3, 0.4) is 0 Å². The molecule has 1 heterocycles. The minimum Gasteiger partial charge on any atom is -0.323 e. The number of nitrogens with zero attached hydrogens (tertiary/aromatic N) is 3. The number of thioether (sulfide) groups is 1. The maximum Gasteiger partial charge on any atom is 0.234 e. The van der Waals surface area contributed by atoms with E-state index in [1.165, 1.54) is 17.8 Å². The highest BCUT2D eigenvalue weighted by atomic mass is 32.2. The number of carbonyl (C=O) groups is 1. The molecule has 0 atom stereocenters. The molecule has 1 saturated carbocycles. The highest BCUT2D eigenvalue weighted by Crippen LogP contribution is 2.39. The van der Waals surface area contributed by atoms with Gasteiger partial charge in [0.15, 0.2) is 5.16 Å². The fourth-order valence-electron chi connectivity index (χ4n) is 2.39. The molecule has 1 aromatic carbocycles. The van der Waals surface area contributed by atoms with Crippen LogP contribution >= 0.6 is 11.8 Å². The smallest absolute Gasteiger partial charge is 0.234 e. The lowest BCUT2D eigenvalue weighted by Gasteiger charge is -2.08. The summed E-state index contributed by atoms with van der Waals surface area (Å²) in [5.41, 5.74) is 1.02. The molecule has 3 rings (SSSR count). The van der Waals surface area contributed by atoms with Crippen molar-refractivity contribution in [2.75, 3.05) is 11.1 Å². The number of carbonyl (C=O) groups excluding carboxylic acids is 1. The molecule has 122 valence electrons. The molecule has 1 aliphatic carbocycles. The van der Waals surface area contributed by atoms with Crippen LogP contribution in [0.25, 0.3) is 0 Å². The maximum absolute atomic E-state index is 13.7. The van der Waals surface area contributed by atoms with Crippen molar-refractivity contribution in [1.29, 1.82) is 0 Å². The van der Waals surface area contributed by atoms with Crippen LogP contribution < -0.4 is 5.32 Å². The molecule has 0 saturated heterocycles. The Morgan fingerprint density at radius 3 is 2.87 bits per heavy atom. The molecule has 1 fully saturated rings. The number of halogens is 1. The first-order valence-corrected chi connectivity index (χ1v) is 8.69. The van der Waals surface area contributed by atoms with Gasteiger partial charge in [-0.25, -0.2) is 4.39 Å². The minimum atomic E-state index is -0.420. The largest absolute Gasteiger partial charge is 0.323 e. The third-order valence-electron chi connectivity index (χ3n) is 3.74. The standard InChI is InChI=1S/C16H19FN4OS/c1-3-21-15(11-5-6-11)19-20-16(21)23-9-14(22)18-13-7-4-10(2)8-12(13)17/h4,7-8,11H,3,5-6,9H2,1-2H3,(H,18,22). The van der Waals surface area contributed by atoms with E-state index in [1.807, 2.05) is 6.92 Å². The molecule has 0 radical (unpaired) electrons. The van der Waals surface area contributed by atoms with Crippen molar-refractivity contribution in [2.24, 2.45) is 0 Å². The number of nitrogens with one attached hydrogen (secondary N) is 1. The lowest BCUT2D eigenvalue weighted by atomic mass is 10.2. The molecule has 2 aromatic rings. The summed E-state index contributed by atoms with van der Waals surface area (Å²) in [5, 5.41) is 11.8. The van der Waals surface area contributed by atoms with E-state index in [-0.39, 0.29) is 17.3 Å². The molecule has 1 aromatic heterocycles. The number of hydrogen-bond acceptors (Lipinski definition) is 4. The van der Waals surface area contributed by atoms with Gasteiger partial charge in [0, 0.05) is 12.5 Å². The fraction of sp³-hybridized carbons (Fsp3) is 0.438. The quantitative estimate of drug-likeness (QED) is 0.823. The molecule has 5 nitrogen and oxygen atoms in total. The summed E-state index contributed by atoms with van der Waals surface area (Å²) in [5.74, 6) is 1.04. The summed E-state index contributed by atoms with van der Waals surface area (Å²) in [6, 6.07) is 4.74. The number of benzene rings is 1. The van der Waals surface area contributed by atoms with Crippen molar-refractivity contribution >= 4 is 23.4 Å². The first kappa shape index (κ1) is 16.0. The van der Waals surface area contributed by atoms with Crippen LogP contribution in [0.5, 0.6) is 0 Å². The third kappa shape index (κ3) is 3.72. The molecule has 0 bridgehead atoms. The molecule has 1 amide bonds. The normalized spacial score (nSPS) is 14.0. The van der Waals surface area contributed by atoms with Gasteiger partial charge in [-0.15, -0.1) is 10.2 Å². The Labute approximate surface area is 138 Å². The van der Waals surface area contributed by atoms with Gasteiger partial charge in [-0.3, -0.25) is 4.79 Å². The zero-order valence-electron chi connectivity index (χ0n) is 13.2. The molecular formula is C16H19FN4OS. The van der Waals surface area contributed by atoms with Crippen LogP contribution in [0.2, 0.25) is 0 Å². The highest BCUT2D eigenvalue weighted by molar-refractivity contribution is 7.99. The first-order valence-electron chi connectivity index (χ1n) is 7.70. The SMILES string of the molecule is CCn1c(SCC(=O)Nc2ccc(C)cc2F)nnc1C1CC1. The van der Waals surface area contributed by atoms with E-state index in [0.717, 1.165) is 35.9 Å². The van der Waals surface area contributed by atoms with Gasteiger partial charge in [0.25, 0.3) is 0 Å². The Hall–Kier alpha value is -1.89. The van der Waals surface area contributed by atoms with Crippen LogP contribution in [0, 0.1) is 12.7 Å². The first-order chi connectivity index (χ1) is 11.1. The Kier molecular flexibility index (Phi) is 4.66. The third-order valence-corrected chi connectivity index (χ3v) is 4.70. The predicted molar refractivity (Wildman–Crippen MR) is 88.2 cm³/mol. The van der Waals surface area contributed by atoms with Gasteiger partial charge >= 0.3 is 0 Å². The van der Waals surface area contributed by atoms with Gasteiger partial charge in [0.05, 0.1) is 11.4 Å². The summed E-state index contributed by atoms with van der Waals surface area (Å²) in [6.45, 7) is 4.63. The summed E-state index contributed by atoms with van der Waals surface area (Å²) in [7, 11) is 0. The summed E-state index contributed by atoms with van der Waals surface area (Å²) < 4.78 is 15.8. The van der Waals surface area contributed by atoms with Gasteiger partial charge in [-0.05, 0) is 44.4 Å². The van der Waals surface area contributed by atoms with E-state index in [1.54, 1.807) is 19.1 Å². The molecule has 1 aliphatic rings. The topological polar surface area (TPSA) is 59.8 Å². The van der Waals surface area contributed by atoms with Gasteiger partial charge < -0.3 is 9.88 Å². The predicted octanol–water partition coefficient (Wildman–Crippen LogP) is 3.35. The van der Waals surface area contributed by atoms with Gasteiger partial charge in [0.1, 0.15) is 11.6 Å². The van der Waals surface area contributed by atoms with Crippen molar-refractivity contribution in [2.45, 2.75) is 44.3 Å². The molecule has 23 heavy (non-hydrogen) atoms. The van der Waals surface area contributed by atoms with E-state index < -0.39 is 5.82 Å². The molecule has 0 spiro atoms. The Balaban J connectivity index is 1.60. The number of rotatable bonds is 6. The second-order valence-electron chi connectivity index (χ2n) is 5.68. The Morgan fingerprint density at radius 2 is 2.22 bits per heavy atom. The number of aryl methyl sites for hydroxylation is 1. The fourth-order valence-corrected chi connectivity index (χ4v) is 3.19. The Bertz CT molecular complexity index is 727. The van der Waals surface area contributed by atoms with Crippen molar-refractivity contribution < 1.29 is 9.18 Å². The monoisotopic (exact) mass is 334 g/mol. The number of anilines is 1. The molecule has 0 unspecified atom stereocenters. The van der Waals surface area contributed by atoms with Crippen molar-refractivity contribution in [1.82, 2.24) is 14.8 Å². The second-order valence-corrected chi connectivity index (χ2v) is 6.62. The molecular weight excluding hydrogens is 315 g/mol. The van der Waals surface area contributed by atoms with Crippen LogP contribution in [0.15, 0.2) is 23.4 Å². The number of aromatic nitrogens is 3. The highest BCUT2D eigenvalue weighted by Gasteiger charge is 2.30. The molecule has 0 aliphatic heterocycles. The van der Waals surface area contributed by atoms with E-state index in [4.69, 9.17) is 0 Å². The second kappa shape index (κ2) is 6.70. The van der Waals surface area contributed by atoms with Crippen LogP contribution in [0.1, 0.15) is 37.1 Å². The van der Waals surface area contributed by atoms with Crippen LogP contribution in [-0.2, 0) is 11.3 Å². The van der Waals surface area contributed by atoms with Gasteiger partial charge in [-0.1, -0.05) is 17.8 Å². The van der Waals surface area contributed by atoms with Crippen LogP contribution in [-0.4, -0.2) is 26.4 Å². The van der Waals surface area contributed by atoms with Gasteiger partial charge in [0.2, 0.25) is 5.91 Å². The maximum atomic E-state index is 13.7. The van der Waals surface area contributed by atoms with E-state index >= 15 is 0 Å². The zero-order chi connectivity index (χ0) is 16.4. The van der Waals surface area contributed by atoms with E-state index in [9.17, 15) is 9.18 Å². The average molecular weight is 334 g/mol. The van der Waals surface area contributed by atoms with Crippen LogP contribution in [0.4, 0.5) is 10.1 Å². The van der Waals surface area contributed by atoms with Crippen molar-refractivity contribution in [3.05, 3.63) is 35.4 Å². The number of amides is 1. The van der Waals surface area contributed by atoms with E-state index in [2.05, 4.69) is 20.1 Å². The lowest BCUT2D eigenvalue weighted by Crippen LogP contribution is -2.15. The van der Waals surface area contributed by atoms with Crippen molar-refractivity contribution in [3.8, 4) is 0 Å².